The van der Waals surface area contributed by atoms with Gasteiger partial charge in [0.1, 0.15) is 0 Å². The Labute approximate surface area is 83.9 Å². The van der Waals surface area contributed by atoms with Gasteiger partial charge in [0.05, 0.1) is 12.7 Å². The van der Waals surface area contributed by atoms with E-state index in [9.17, 15) is 0 Å². The third-order valence-electron chi connectivity index (χ3n) is 2.57. The summed E-state index contributed by atoms with van der Waals surface area (Å²) in [6.45, 7) is 0.369. The van der Waals surface area contributed by atoms with Crippen LogP contribution in [0.1, 0.15) is 19.3 Å². The van der Waals surface area contributed by atoms with Crippen LogP contribution in [0, 0.1) is 0 Å². The minimum absolute atomic E-state index is 0.147. The fourth-order valence-corrected chi connectivity index (χ4v) is 2.50. The zero-order chi connectivity index (χ0) is 9.68. The second kappa shape index (κ2) is 5.86. The van der Waals surface area contributed by atoms with Gasteiger partial charge in [-0.3, -0.25) is 0 Å². The number of nitrogens with one attached hydrogen (secondary N) is 1. The van der Waals surface area contributed by atoms with Crippen molar-refractivity contribution < 1.29 is 10.2 Å². The van der Waals surface area contributed by atoms with Crippen molar-refractivity contribution in [1.82, 2.24) is 5.32 Å². The molecule has 1 aliphatic carbocycles. The van der Waals surface area contributed by atoms with Crippen molar-refractivity contribution in [2.45, 2.75) is 36.7 Å². The number of hydrogen-bond donors (Lipinski definition) is 3. The molecule has 0 radical (unpaired) electrons. The molecule has 2 unspecified atom stereocenters. The fourth-order valence-electron chi connectivity index (χ4n) is 1.71. The van der Waals surface area contributed by atoms with Crippen LogP contribution in [0.15, 0.2) is 0 Å². The highest BCUT2D eigenvalue weighted by atomic mass is 32.2. The van der Waals surface area contributed by atoms with Crippen molar-refractivity contribution in [3.63, 3.8) is 0 Å². The predicted octanol–water partition coefficient (Wildman–Crippen LogP) is 0.213. The maximum absolute atomic E-state index is 9.12. The van der Waals surface area contributed by atoms with Crippen LogP contribution < -0.4 is 5.32 Å². The summed E-state index contributed by atoms with van der Waals surface area (Å²) in [5.41, 5.74) is 0. The van der Waals surface area contributed by atoms with E-state index in [-0.39, 0.29) is 6.61 Å². The van der Waals surface area contributed by atoms with Gasteiger partial charge < -0.3 is 15.5 Å². The van der Waals surface area contributed by atoms with Crippen LogP contribution >= 0.6 is 11.8 Å². The van der Waals surface area contributed by atoms with Gasteiger partial charge in [-0.05, 0) is 25.5 Å². The molecule has 4 heteroatoms. The molecular weight excluding hydrogens is 186 g/mol. The van der Waals surface area contributed by atoms with Gasteiger partial charge in [-0.1, -0.05) is 0 Å². The van der Waals surface area contributed by atoms with Gasteiger partial charge in [-0.2, -0.15) is 11.8 Å². The summed E-state index contributed by atoms with van der Waals surface area (Å²) < 4.78 is 0. The molecule has 0 heterocycles. The van der Waals surface area contributed by atoms with E-state index in [1.54, 1.807) is 0 Å². The number of thioether (sulfide) groups is 1. The van der Waals surface area contributed by atoms with Crippen LogP contribution in [0.3, 0.4) is 0 Å². The van der Waals surface area contributed by atoms with E-state index in [0.717, 1.165) is 5.25 Å². The van der Waals surface area contributed by atoms with Crippen molar-refractivity contribution in [3.05, 3.63) is 0 Å². The molecule has 3 atom stereocenters. The van der Waals surface area contributed by atoms with Gasteiger partial charge in [-0.25, -0.2) is 0 Å². The molecule has 0 saturated heterocycles. The Morgan fingerprint density at radius 2 is 2.31 bits per heavy atom. The summed E-state index contributed by atoms with van der Waals surface area (Å²) in [4.78, 5) is 0. The maximum Gasteiger partial charge on any atom is 0.0895 e. The highest BCUT2D eigenvalue weighted by Crippen LogP contribution is 2.27. The Hall–Kier alpha value is 0.230. The summed E-state index contributed by atoms with van der Waals surface area (Å²) in [6.07, 6.45) is 5.21. The molecule has 0 aromatic rings. The molecule has 78 valence electrons. The molecule has 3 nitrogen and oxygen atoms in total. The number of hydrogen-bond acceptors (Lipinski definition) is 4. The van der Waals surface area contributed by atoms with Crippen LogP contribution in [0.2, 0.25) is 0 Å². The summed E-state index contributed by atoms with van der Waals surface area (Å²) in [5, 5.41) is 21.8. The molecule has 1 rings (SSSR count). The van der Waals surface area contributed by atoms with E-state index in [2.05, 4.69) is 11.6 Å². The van der Waals surface area contributed by atoms with E-state index in [1.165, 1.54) is 19.3 Å². The van der Waals surface area contributed by atoms with Crippen molar-refractivity contribution in [1.29, 1.82) is 0 Å². The topological polar surface area (TPSA) is 52.5 Å². The largest absolute Gasteiger partial charge is 0.394 e. The van der Waals surface area contributed by atoms with Crippen LogP contribution in [-0.4, -0.2) is 47.0 Å². The Balaban J connectivity index is 2.10. The van der Waals surface area contributed by atoms with Gasteiger partial charge in [-0.15, -0.1) is 0 Å². The second-order valence-corrected chi connectivity index (χ2v) is 4.75. The Kier molecular flexibility index (Phi) is 5.09. The lowest BCUT2D eigenvalue weighted by atomic mass is 10.2. The molecule has 1 fully saturated rings. The number of aliphatic hydroxyl groups is 2. The fraction of sp³-hybridized carbons (Fsp3) is 1.00. The van der Waals surface area contributed by atoms with E-state index >= 15 is 0 Å². The first-order valence-corrected chi connectivity index (χ1v) is 6.10. The maximum atomic E-state index is 9.12. The van der Waals surface area contributed by atoms with Crippen LogP contribution in [0.5, 0.6) is 0 Å². The van der Waals surface area contributed by atoms with Gasteiger partial charge in [0.25, 0.3) is 0 Å². The minimum Gasteiger partial charge on any atom is -0.394 e. The Bertz CT molecular complexity index is 146. The summed E-state index contributed by atoms with van der Waals surface area (Å²) in [6, 6.07) is 0.540. The molecule has 1 aliphatic rings. The smallest absolute Gasteiger partial charge is 0.0895 e. The van der Waals surface area contributed by atoms with Gasteiger partial charge in [0.2, 0.25) is 0 Å². The molecule has 0 bridgehead atoms. The highest BCUT2D eigenvalue weighted by Gasteiger charge is 2.23. The standard InChI is InChI=1S/C9H19NO2S/c1-13-9-3-2-7(4-9)10-5-8(12)6-11/h7-12H,2-6H2,1H3/t7?,8-,9?/m0/s1. The van der Waals surface area contributed by atoms with Crippen molar-refractivity contribution in [3.8, 4) is 0 Å². The number of rotatable bonds is 5. The minimum atomic E-state index is -0.603. The third kappa shape index (κ3) is 3.85. The normalized spacial score (nSPS) is 30.7. The predicted molar refractivity (Wildman–Crippen MR) is 56.0 cm³/mol. The van der Waals surface area contributed by atoms with Gasteiger partial charge in [0, 0.05) is 17.8 Å². The van der Waals surface area contributed by atoms with E-state index in [1.807, 2.05) is 11.8 Å². The zero-order valence-electron chi connectivity index (χ0n) is 8.07. The Morgan fingerprint density at radius 1 is 1.54 bits per heavy atom. The monoisotopic (exact) mass is 205 g/mol. The molecule has 0 aromatic carbocycles. The summed E-state index contributed by atoms with van der Waals surface area (Å²) in [7, 11) is 0. The van der Waals surface area contributed by atoms with E-state index in [4.69, 9.17) is 10.2 Å². The molecule has 0 aromatic heterocycles. The summed E-state index contributed by atoms with van der Waals surface area (Å²) >= 11 is 1.92. The lowest BCUT2D eigenvalue weighted by Crippen LogP contribution is -2.35. The first kappa shape index (κ1) is 11.3. The molecule has 13 heavy (non-hydrogen) atoms. The average molecular weight is 205 g/mol. The lowest BCUT2D eigenvalue weighted by Gasteiger charge is -2.14. The lowest BCUT2D eigenvalue weighted by molar-refractivity contribution is 0.0920. The molecule has 0 spiro atoms. The molecule has 0 aliphatic heterocycles. The Morgan fingerprint density at radius 3 is 2.85 bits per heavy atom. The van der Waals surface area contributed by atoms with Gasteiger partial charge in [0.15, 0.2) is 0 Å². The zero-order valence-corrected chi connectivity index (χ0v) is 8.89. The van der Waals surface area contributed by atoms with Gasteiger partial charge >= 0.3 is 0 Å². The average Bonchev–Trinajstić information content (AvgIpc) is 2.61. The molecule has 1 saturated carbocycles. The van der Waals surface area contributed by atoms with Crippen LogP contribution in [0.4, 0.5) is 0 Å². The van der Waals surface area contributed by atoms with Crippen molar-refractivity contribution in [2.75, 3.05) is 19.4 Å². The quantitative estimate of drug-likeness (QED) is 0.601. The SMILES string of the molecule is CSC1CCC(NC[C@H](O)CO)C1. The van der Waals surface area contributed by atoms with E-state index < -0.39 is 6.10 Å². The van der Waals surface area contributed by atoms with Crippen molar-refractivity contribution >= 4 is 11.8 Å². The number of aliphatic hydroxyl groups excluding tert-OH is 2. The van der Waals surface area contributed by atoms with Crippen molar-refractivity contribution in [2.24, 2.45) is 0 Å². The first-order chi connectivity index (χ1) is 6.26. The molecular formula is C9H19NO2S. The second-order valence-electron chi connectivity index (χ2n) is 3.61. The first-order valence-electron chi connectivity index (χ1n) is 4.81. The summed E-state index contributed by atoms with van der Waals surface area (Å²) in [5.74, 6) is 0. The molecule has 3 N–H and O–H groups in total. The third-order valence-corrected chi connectivity index (χ3v) is 3.67. The highest BCUT2D eigenvalue weighted by molar-refractivity contribution is 7.99. The van der Waals surface area contributed by atoms with E-state index in [0.29, 0.717) is 12.6 Å². The van der Waals surface area contributed by atoms with Crippen LogP contribution in [-0.2, 0) is 0 Å². The van der Waals surface area contributed by atoms with Crippen LogP contribution in [0.25, 0.3) is 0 Å². The molecule has 0 amide bonds.